The minimum atomic E-state index is -3.65. The third-order valence-corrected chi connectivity index (χ3v) is 8.75. The van der Waals surface area contributed by atoms with Gasteiger partial charge in [0, 0.05) is 50.3 Å². The summed E-state index contributed by atoms with van der Waals surface area (Å²) < 4.78 is 32.1. The minimum Gasteiger partial charge on any atom is -0.507 e. The van der Waals surface area contributed by atoms with Gasteiger partial charge in [0.05, 0.1) is 29.7 Å². The Hall–Kier alpha value is -2.57. The quantitative estimate of drug-likeness (QED) is 0.306. The van der Waals surface area contributed by atoms with Crippen LogP contribution >= 0.6 is 15.9 Å². The molecule has 0 aromatic heterocycles. The van der Waals surface area contributed by atoms with Crippen LogP contribution in [-0.2, 0) is 24.3 Å². The molecule has 2 aliphatic heterocycles. The summed E-state index contributed by atoms with van der Waals surface area (Å²) in [6, 6.07) is 12.1. The van der Waals surface area contributed by atoms with Crippen LogP contribution in [0.25, 0.3) is 5.76 Å². The van der Waals surface area contributed by atoms with Crippen molar-refractivity contribution in [3.8, 4) is 0 Å². The summed E-state index contributed by atoms with van der Waals surface area (Å²) >= 11 is 3.41. The number of rotatable bonds is 7. The number of morpholine rings is 1. The van der Waals surface area contributed by atoms with Crippen LogP contribution in [0, 0.1) is 0 Å². The number of carbonyl (C=O) groups excluding carboxylic acids is 2. The molecule has 2 heterocycles. The van der Waals surface area contributed by atoms with E-state index in [-0.39, 0.29) is 21.8 Å². The van der Waals surface area contributed by atoms with E-state index in [1.807, 2.05) is 24.3 Å². The van der Waals surface area contributed by atoms with E-state index in [2.05, 4.69) is 20.8 Å². The number of ether oxygens (including phenoxy) is 1. The Labute approximate surface area is 219 Å². The molecule has 36 heavy (non-hydrogen) atoms. The highest BCUT2D eigenvalue weighted by Gasteiger charge is 2.46. The first kappa shape index (κ1) is 26.5. The number of nitrogens with zero attached hydrogens (tertiary/aromatic N) is 3. The molecule has 1 amide bonds. The maximum atomic E-state index is 13.2. The molecule has 0 aliphatic carbocycles. The number of ketones is 1. The molecule has 2 aliphatic rings. The summed E-state index contributed by atoms with van der Waals surface area (Å²) in [5.74, 6) is -1.79. The number of halogens is 1. The smallest absolute Gasteiger partial charge is 0.295 e. The Morgan fingerprint density at radius 1 is 1.03 bits per heavy atom. The predicted octanol–water partition coefficient (Wildman–Crippen LogP) is 2.45. The van der Waals surface area contributed by atoms with E-state index < -0.39 is 27.8 Å². The van der Waals surface area contributed by atoms with E-state index in [9.17, 15) is 23.1 Å². The first-order chi connectivity index (χ1) is 17.1. The highest BCUT2D eigenvalue weighted by Crippen LogP contribution is 2.39. The standard InChI is InChI=1S/C25H28BrN3O6S/c1-27(2)36(33,34)20-9-5-18(6-10-20)23(30)21-22(17-3-7-19(26)8-4-17)29(25(32)24(21)31)12-11-28-13-15-35-16-14-28/h3-10,22,30H,11-16H2,1-2H3/b23-21-. The zero-order valence-corrected chi connectivity index (χ0v) is 22.5. The largest absolute Gasteiger partial charge is 0.507 e. The molecule has 2 fully saturated rings. The van der Waals surface area contributed by atoms with Crippen molar-refractivity contribution < 1.29 is 27.9 Å². The first-order valence-electron chi connectivity index (χ1n) is 11.5. The van der Waals surface area contributed by atoms with Crippen molar-refractivity contribution in [2.45, 2.75) is 10.9 Å². The maximum absolute atomic E-state index is 13.2. The molecule has 4 rings (SSSR count). The monoisotopic (exact) mass is 577 g/mol. The second kappa shape index (κ2) is 10.8. The van der Waals surface area contributed by atoms with Gasteiger partial charge in [-0.1, -0.05) is 28.1 Å². The van der Waals surface area contributed by atoms with Crippen LogP contribution in [-0.4, -0.2) is 92.8 Å². The Morgan fingerprint density at radius 2 is 1.64 bits per heavy atom. The number of hydrogen-bond acceptors (Lipinski definition) is 7. The Bertz CT molecular complexity index is 1270. The Kier molecular flexibility index (Phi) is 7.96. The summed E-state index contributed by atoms with van der Waals surface area (Å²) in [6.07, 6.45) is 0. The molecule has 1 N–H and O–H groups in total. The summed E-state index contributed by atoms with van der Waals surface area (Å²) in [7, 11) is -0.794. The van der Waals surface area contributed by atoms with Gasteiger partial charge in [0.2, 0.25) is 10.0 Å². The SMILES string of the molecule is CN(C)S(=O)(=O)c1ccc(/C(O)=C2/C(=O)C(=O)N(CCN3CCOCC3)C2c2ccc(Br)cc2)cc1. The van der Waals surface area contributed by atoms with Gasteiger partial charge in [-0.25, -0.2) is 12.7 Å². The van der Waals surface area contributed by atoms with Gasteiger partial charge >= 0.3 is 0 Å². The zero-order chi connectivity index (χ0) is 26.0. The second-order valence-electron chi connectivity index (χ2n) is 8.81. The molecule has 0 radical (unpaired) electrons. The molecule has 0 spiro atoms. The van der Waals surface area contributed by atoms with Gasteiger partial charge in [0.15, 0.2) is 0 Å². The fourth-order valence-electron chi connectivity index (χ4n) is 4.33. The molecule has 11 heteroatoms. The molecule has 0 bridgehead atoms. The average molecular weight is 578 g/mol. The van der Waals surface area contributed by atoms with Crippen LogP contribution in [0.2, 0.25) is 0 Å². The lowest BCUT2D eigenvalue weighted by Crippen LogP contribution is -2.42. The van der Waals surface area contributed by atoms with Gasteiger partial charge in [-0.2, -0.15) is 0 Å². The first-order valence-corrected chi connectivity index (χ1v) is 13.7. The number of likely N-dealkylation sites (tertiary alicyclic amines) is 1. The molecule has 9 nitrogen and oxygen atoms in total. The summed E-state index contributed by atoms with van der Waals surface area (Å²) in [6.45, 7) is 3.61. The van der Waals surface area contributed by atoms with Crippen molar-refractivity contribution >= 4 is 43.4 Å². The number of Topliss-reactive ketones (excluding diaryl/α,β-unsaturated/α-hetero) is 1. The molecule has 2 aromatic rings. The molecule has 0 saturated carbocycles. The second-order valence-corrected chi connectivity index (χ2v) is 11.9. The lowest BCUT2D eigenvalue weighted by atomic mass is 9.95. The summed E-state index contributed by atoms with van der Waals surface area (Å²) in [4.78, 5) is 30.0. The van der Waals surface area contributed by atoms with E-state index >= 15 is 0 Å². The number of hydrogen-bond donors (Lipinski definition) is 1. The predicted molar refractivity (Wildman–Crippen MR) is 138 cm³/mol. The van der Waals surface area contributed by atoms with Crippen LogP contribution < -0.4 is 0 Å². The fraction of sp³-hybridized carbons (Fsp3) is 0.360. The van der Waals surface area contributed by atoms with Gasteiger partial charge < -0.3 is 14.7 Å². The minimum absolute atomic E-state index is 0.0208. The highest BCUT2D eigenvalue weighted by molar-refractivity contribution is 9.10. The molecule has 1 unspecified atom stereocenters. The molecular formula is C25H28BrN3O6S. The van der Waals surface area contributed by atoms with Crippen LogP contribution in [0.5, 0.6) is 0 Å². The van der Waals surface area contributed by atoms with Gasteiger partial charge in [-0.3, -0.25) is 14.5 Å². The normalized spacial score (nSPS) is 20.9. The van der Waals surface area contributed by atoms with Gasteiger partial charge in [-0.15, -0.1) is 0 Å². The summed E-state index contributed by atoms with van der Waals surface area (Å²) in [5, 5.41) is 11.2. The van der Waals surface area contributed by atoms with E-state index in [1.165, 1.54) is 43.3 Å². The maximum Gasteiger partial charge on any atom is 0.295 e. The molecule has 1 atom stereocenters. The number of aliphatic hydroxyl groups excluding tert-OH is 1. The van der Waals surface area contributed by atoms with Crippen molar-refractivity contribution in [3.63, 3.8) is 0 Å². The van der Waals surface area contributed by atoms with Crippen molar-refractivity contribution in [2.24, 2.45) is 0 Å². The van der Waals surface area contributed by atoms with Gasteiger partial charge in [0.25, 0.3) is 11.7 Å². The topological polar surface area (TPSA) is 107 Å². The molecular weight excluding hydrogens is 550 g/mol. The van der Waals surface area contributed by atoms with Crippen molar-refractivity contribution in [2.75, 3.05) is 53.5 Å². The summed E-state index contributed by atoms with van der Waals surface area (Å²) in [5.41, 5.74) is 0.918. The van der Waals surface area contributed by atoms with E-state index in [1.54, 1.807) is 0 Å². The zero-order valence-electron chi connectivity index (χ0n) is 20.1. The van der Waals surface area contributed by atoms with E-state index in [4.69, 9.17) is 4.74 Å². The van der Waals surface area contributed by atoms with Crippen molar-refractivity contribution in [3.05, 3.63) is 69.7 Å². The van der Waals surface area contributed by atoms with Crippen LogP contribution in [0.1, 0.15) is 17.2 Å². The van der Waals surface area contributed by atoms with Gasteiger partial charge in [0.1, 0.15) is 5.76 Å². The number of aliphatic hydroxyl groups is 1. The number of benzene rings is 2. The fourth-order valence-corrected chi connectivity index (χ4v) is 5.49. The highest BCUT2D eigenvalue weighted by atomic mass is 79.9. The third-order valence-electron chi connectivity index (χ3n) is 6.39. The lowest BCUT2D eigenvalue weighted by Gasteiger charge is -2.31. The van der Waals surface area contributed by atoms with Crippen LogP contribution in [0.4, 0.5) is 0 Å². The van der Waals surface area contributed by atoms with E-state index in [0.717, 1.165) is 21.9 Å². The lowest BCUT2D eigenvalue weighted by molar-refractivity contribution is -0.140. The molecule has 2 aromatic carbocycles. The van der Waals surface area contributed by atoms with E-state index in [0.29, 0.717) is 31.9 Å². The molecule has 2 saturated heterocycles. The van der Waals surface area contributed by atoms with Crippen LogP contribution in [0.15, 0.2) is 63.5 Å². The Balaban J connectivity index is 1.72. The van der Waals surface area contributed by atoms with Crippen molar-refractivity contribution in [1.82, 2.24) is 14.1 Å². The van der Waals surface area contributed by atoms with Gasteiger partial charge in [-0.05, 0) is 42.0 Å². The Morgan fingerprint density at radius 3 is 2.22 bits per heavy atom. The number of carbonyl (C=O) groups is 2. The molecule has 192 valence electrons. The number of sulfonamides is 1. The number of amides is 1. The van der Waals surface area contributed by atoms with Crippen molar-refractivity contribution in [1.29, 1.82) is 0 Å². The van der Waals surface area contributed by atoms with Crippen LogP contribution in [0.3, 0.4) is 0 Å². The average Bonchev–Trinajstić information content (AvgIpc) is 3.13. The third kappa shape index (κ3) is 5.25.